The van der Waals surface area contributed by atoms with Crippen molar-refractivity contribution in [1.82, 2.24) is 5.32 Å². The Morgan fingerprint density at radius 1 is 0.390 bits per heavy atom. The number of nitrogens with one attached hydrogen (secondary N) is 1. The topological polar surface area (TPSA) is 307 Å². The average molecular weight is 1180 g/mol. The van der Waals surface area contributed by atoms with Crippen molar-refractivity contribution in [3.8, 4) is 0 Å². The van der Waals surface area contributed by atoms with Gasteiger partial charge in [0.25, 0.3) is 0 Å². The van der Waals surface area contributed by atoms with E-state index < -0.39 is 124 Å². The number of hydrogen-bond acceptors (Lipinski definition) is 18. The molecule has 0 radical (unpaired) electrons. The van der Waals surface area contributed by atoms with Gasteiger partial charge in [0.2, 0.25) is 5.91 Å². The maximum Gasteiger partial charge on any atom is 0.220 e. The van der Waals surface area contributed by atoms with Crippen molar-refractivity contribution in [3.05, 3.63) is 0 Å². The number of carbonyl (C=O) groups is 1. The van der Waals surface area contributed by atoms with E-state index >= 15 is 0 Å². The standard InChI is InChI=1S/C63H121NO18/c1-3-5-7-9-11-13-15-17-19-21-22-23-25-26-28-30-32-34-36-38-40-47(68)46(64-51(69)41-39-37-35-33-31-29-27-24-20-18-16-14-12-10-8-6-4-2)45-77-61-57(75)54(72)59(49(43-66)79-61)82-63-58(76)55(73)60(50(44-67)80-63)81-62-56(74)53(71)52(70)48(42-65)78-62/h46-50,52-63,65-68,70-76H,3-45H2,1-2H3,(H,64,69). The number of unbranched alkanes of at least 4 members (excludes halogenated alkanes) is 35. The maximum absolute atomic E-state index is 13.4. The molecule has 3 heterocycles. The van der Waals surface area contributed by atoms with Crippen molar-refractivity contribution in [2.75, 3.05) is 26.4 Å². The maximum atomic E-state index is 13.4. The van der Waals surface area contributed by atoms with Crippen molar-refractivity contribution in [2.45, 2.75) is 369 Å². The van der Waals surface area contributed by atoms with Crippen LogP contribution in [-0.2, 0) is 33.2 Å². The first-order valence-electron chi connectivity index (χ1n) is 33.3. The Kier molecular flexibility index (Phi) is 42.9. The predicted octanol–water partition coefficient (Wildman–Crippen LogP) is 7.55. The van der Waals surface area contributed by atoms with E-state index in [9.17, 15) is 61.0 Å². The van der Waals surface area contributed by atoms with Gasteiger partial charge in [-0.3, -0.25) is 4.79 Å². The van der Waals surface area contributed by atoms with Crippen LogP contribution in [0, 0.1) is 0 Å². The van der Waals surface area contributed by atoms with E-state index in [0.717, 1.165) is 44.9 Å². The number of aliphatic hydroxyl groups is 11. The lowest BCUT2D eigenvalue weighted by Gasteiger charge is -2.48. The summed E-state index contributed by atoms with van der Waals surface area (Å²) >= 11 is 0. The molecule has 0 aromatic carbocycles. The van der Waals surface area contributed by atoms with Gasteiger partial charge in [-0.05, 0) is 12.8 Å². The Bertz CT molecular complexity index is 1500. The number of carbonyl (C=O) groups excluding carboxylic acids is 1. The minimum Gasteiger partial charge on any atom is -0.394 e. The van der Waals surface area contributed by atoms with Gasteiger partial charge in [-0.2, -0.15) is 0 Å². The molecule has 19 nitrogen and oxygen atoms in total. The molecule has 0 aromatic heterocycles. The van der Waals surface area contributed by atoms with Gasteiger partial charge in [0, 0.05) is 6.42 Å². The van der Waals surface area contributed by atoms with Crippen molar-refractivity contribution >= 4 is 5.91 Å². The van der Waals surface area contributed by atoms with Crippen LogP contribution >= 0.6 is 0 Å². The normalized spacial score (nSPS) is 29.5. The molecule has 0 saturated carbocycles. The highest BCUT2D eigenvalue weighted by molar-refractivity contribution is 5.76. The summed E-state index contributed by atoms with van der Waals surface area (Å²) in [6.07, 6.45) is 20.3. The fourth-order valence-corrected chi connectivity index (χ4v) is 11.7. The zero-order valence-corrected chi connectivity index (χ0v) is 51.0. The molecule has 0 spiro atoms. The molecule has 3 rings (SSSR count). The molecule has 19 heteroatoms. The monoisotopic (exact) mass is 1180 g/mol. The average Bonchev–Trinajstić information content (AvgIpc) is 3.17. The molecule has 0 bridgehead atoms. The predicted molar refractivity (Wildman–Crippen MR) is 314 cm³/mol. The van der Waals surface area contributed by atoms with Gasteiger partial charge in [-0.15, -0.1) is 0 Å². The van der Waals surface area contributed by atoms with Crippen LogP contribution in [0.2, 0.25) is 0 Å². The summed E-state index contributed by atoms with van der Waals surface area (Å²) in [6.45, 7) is 1.83. The SMILES string of the molecule is CCCCCCCCCCCCCCCCCCCCCCC(O)C(COC1OC(CO)C(OC2OC(CO)C(OC3OC(CO)C(O)C(O)C3O)C(O)C2O)C(O)C1O)NC(=O)CCCCCCCCCCCCCCCCCCC. The van der Waals surface area contributed by atoms with Gasteiger partial charge in [0.05, 0.1) is 38.6 Å². The van der Waals surface area contributed by atoms with Gasteiger partial charge in [0.15, 0.2) is 18.9 Å². The summed E-state index contributed by atoms with van der Waals surface area (Å²) < 4.78 is 34.4. The molecule has 0 aliphatic carbocycles. The Balaban J connectivity index is 1.46. The van der Waals surface area contributed by atoms with Crippen molar-refractivity contribution in [1.29, 1.82) is 0 Å². The van der Waals surface area contributed by atoms with E-state index in [1.54, 1.807) is 0 Å². The van der Waals surface area contributed by atoms with Crippen molar-refractivity contribution in [3.63, 3.8) is 0 Å². The highest BCUT2D eigenvalue weighted by Gasteiger charge is 2.53. The van der Waals surface area contributed by atoms with Gasteiger partial charge in [-0.25, -0.2) is 0 Å². The zero-order valence-electron chi connectivity index (χ0n) is 51.0. The van der Waals surface area contributed by atoms with Gasteiger partial charge in [-0.1, -0.05) is 245 Å². The summed E-state index contributed by atoms with van der Waals surface area (Å²) in [5, 5.41) is 121. The zero-order chi connectivity index (χ0) is 59.7. The first-order valence-corrected chi connectivity index (χ1v) is 33.3. The van der Waals surface area contributed by atoms with Crippen LogP contribution in [0.1, 0.15) is 264 Å². The van der Waals surface area contributed by atoms with Crippen LogP contribution in [0.15, 0.2) is 0 Å². The lowest BCUT2D eigenvalue weighted by atomic mass is 9.96. The van der Waals surface area contributed by atoms with Crippen molar-refractivity contribution < 1.29 is 89.4 Å². The fraction of sp³-hybridized carbons (Fsp3) is 0.984. The van der Waals surface area contributed by atoms with E-state index in [1.165, 1.54) is 186 Å². The number of hydrogen-bond donors (Lipinski definition) is 12. The van der Waals surface area contributed by atoms with E-state index in [-0.39, 0.29) is 18.9 Å². The molecule has 82 heavy (non-hydrogen) atoms. The number of rotatable bonds is 51. The minimum atomic E-state index is -1.97. The highest BCUT2D eigenvalue weighted by atomic mass is 16.8. The largest absolute Gasteiger partial charge is 0.394 e. The molecule has 3 fully saturated rings. The van der Waals surface area contributed by atoms with Crippen LogP contribution in [0.4, 0.5) is 0 Å². The fourth-order valence-electron chi connectivity index (χ4n) is 11.7. The van der Waals surface area contributed by atoms with Crippen molar-refractivity contribution in [2.24, 2.45) is 0 Å². The molecule has 486 valence electrons. The number of ether oxygens (including phenoxy) is 6. The molecule has 0 aromatic rings. The first-order chi connectivity index (χ1) is 39.8. The Morgan fingerprint density at radius 3 is 1.06 bits per heavy atom. The van der Waals surface area contributed by atoms with E-state index in [4.69, 9.17) is 28.4 Å². The molecular weight excluding hydrogens is 1060 g/mol. The van der Waals surface area contributed by atoms with Crippen LogP contribution in [0.25, 0.3) is 0 Å². The first kappa shape index (κ1) is 75.0. The summed E-state index contributed by atoms with van der Waals surface area (Å²) in [5.41, 5.74) is 0. The lowest BCUT2D eigenvalue weighted by Crippen LogP contribution is -2.66. The Labute approximate surface area is 493 Å². The second-order valence-electron chi connectivity index (χ2n) is 24.3. The van der Waals surface area contributed by atoms with E-state index in [0.29, 0.717) is 12.8 Å². The van der Waals surface area contributed by atoms with E-state index in [2.05, 4.69) is 19.2 Å². The summed E-state index contributed by atoms with van der Waals surface area (Å²) in [6, 6.07) is -0.881. The van der Waals surface area contributed by atoms with Crippen LogP contribution in [0.3, 0.4) is 0 Å². The quantitative estimate of drug-likeness (QED) is 0.0262. The molecule has 3 aliphatic heterocycles. The molecule has 17 atom stereocenters. The third-order valence-electron chi connectivity index (χ3n) is 17.2. The number of aliphatic hydroxyl groups excluding tert-OH is 11. The molecule has 1 amide bonds. The van der Waals surface area contributed by atoms with Gasteiger partial charge < -0.3 is 89.9 Å². The number of amides is 1. The van der Waals surface area contributed by atoms with Gasteiger partial charge in [0.1, 0.15) is 73.2 Å². The third-order valence-corrected chi connectivity index (χ3v) is 17.2. The second kappa shape index (κ2) is 46.9. The molecular formula is C63H121NO18. The second-order valence-corrected chi connectivity index (χ2v) is 24.3. The van der Waals surface area contributed by atoms with Crippen LogP contribution in [-0.4, -0.2) is 193 Å². The third kappa shape index (κ3) is 29.7. The molecule has 17 unspecified atom stereocenters. The summed E-state index contributed by atoms with van der Waals surface area (Å²) in [4.78, 5) is 13.4. The van der Waals surface area contributed by atoms with Crippen LogP contribution in [0.5, 0.6) is 0 Å². The highest BCUT2D eigenvalue weighted by Crippen LogP contribution is 2.33. The lowest BCUT2D eigenvalue weighted by molar-refractivity contribution is -0.379. The molecule has 3 aliphatic rings. The Hall–Kier alpha value is -1.21. The molecule has 3 saturated heterocycles. The summed E-state index contributed by atoms with van der Waals surface area (Å²) in [7, 11) is 0. The van der Waals surface area contributed by atoms with E-state index in [1.807, 2.05) is 0 Å². The van der Waals surface area contributed by atoms with Crippen LogP contribution < -0.4 is 5.32 Å². The Morgan fingerprint density at radius 2 is 0.695 bits per heavy atom. The summed E-state index contributed by atoms with van der Waals surface area (Å²) in [5.74, 6) is -0.237. The minimum absolute atomic E-state index is 0.237. The smallest absolute Gasteiger partial charge is 0.220 e. The van der Waals surface area contributed by atoms with Gasteiger partial charge >= 0.3 is 0 Å². The molecule has 12 N–H and O–H groups in total.